The first-order chi connectivity index (χ1) is 11.3. The van der Waals surface area contributed by atoms with Gasteiger partial charge in [-0.1, -0.05) is 12.8 Å². The molecule has 0 bridgehead atoms. The molecule has 0 unspecified atom stereocenters. The fraction of sp³-hybridized carbons (Fsp3) is 0.500. The number of rotatable bonds is 5. The normalized spacial score (nSPS) is 16.7. The molecule has 1 aliphatic carbocycles. The van der Waals surface area contributed by atoms with E-state index in [0.717, 1.165) is 12.1 Å². The van der Waals surface area contributed by atoms with Gasteiger partial charge in [-0.2, -0.15) is 13.2 Å². The first-order valence-electron chi connectivity index (χ1n) is 7.65. The largest absolute Gasteiger partial charge is 0.403 e. The second-order valence-corrected chi connectivity index (χ2v) is 5.81. The lowest BCUT2D eigenvalue weighted by Crippen LogP contribution is -2.50. The Bertz CT molecular complexity index is 593. The third-order valence-electron chi connectivity index (χ3n) is 4.24. The molecular weight excluding hydrogens is 328 g/mol. The number of hydrogen-bond acceptors (Lipinski definition) is 2. The van der Waals surface area contributed by atoms with E-state index in [0.29, 0.717) is 12.8 Å². The van der Waals surface area contributed by atoms with Crippen LogP contribution in [0, 0.1) is 11.2 Å². The fourth-order valence-corrected chi connectivity index (χ4v) is 2.84. The Morgan fingerprint density at radius 2 is 1.54 bits per heavy atom. The van der Waals surface area contributed by atoms with E-state index < -0.39 is 29.2 Å². The molecule has 4 nitrogen and oxygen atoms in total. The van der Waals surface area contributed by atoms with Gasteiger partial charge < -0.3 is 10.6 Å². The SMILES string of the molecule is O=C(NCCNC(=O)C1(C(F)(F)F)CCCC1)c1ccc(F)cc1. The minimum absolute atomic E-state index is 0.0180. The number of hydrogen-bond donors (Lipinski definition) is 2. The van der Waals surface area contributed by atoms with Gasteiger partial charge >= 0.3 is 6.18 Å². The Balaban J connectivity index is 1.82. The Labute approximate surface area is 136 Å². The molecule has 0 heterocycles. The van der Waals surface area contributed by atoms with Gasteiger partial charge in [-0.05, 0) is 37.1 Å². The van der Waals surface area contributed by atoms with Crippen molar-refractivity contribution in [3.63, 3.8) is 0 Å². The van der Waals surface area contributed by atoms with Gasteiger partial charge in [-0.15, -0.1) is 0 Å². The Morgan fingerprint density at radius 3 is 2.08 bits per heavy atom. The van der Waals surface area contributed by atoms with E-state index in [9.17, 15) is 27.2 Å². The van der Waals surface area contributed by atoms with E-state index in [-0.39, 0.29) is 31.5 Å². The summed E-state index contributed by atoms with van der Waals surface area (Å²) in [4.78, 5) is 23.7. The zero-order valence-corrected chi connectivity index (χ0v) is 12.9. The molecular formula is C16H18F4N2O2. The van der Waals surface area contributed by atoms with E-state index >= 15 is 0 Å². The van der Waals surface area contributed by atoms with Gasteiger partial charge in [0.1, 0.15) is 11.2 Å². The van der Waals surface area contributed by atoms with Crippen LogP contribution in [0.1, 0.15) is 36.0 Å². The van der Waals surface area contributed by atoms with Crippen LogP contribution in [0.4, 0.5) is 17.6 Å². The summed E-state index contributed by atoms with van der Waals surface area (Å²) in [5.74, 6) is -2.01. The third-order valence-corrected chi connectivity index (χ3v) is 4.24. The van der Waals surface area contributed by atoms with Crippen molar-refractivity contribution < 1.29 is 27.2 Å². The van der Waals surface area contributed by atoms with Crippen molar-refractivity contribution in [3.05, 3.63) is 35.6 Å². The van der Waals surface area contributed by atoms with Gasteiger partial charge in [0.15, 0.2) is 0 Å². The quantitative estimate of drug-likeness (QED) is 0.636. The van der Waals surface area contributed by atoms with E-state index in [1.54, 1.807) is 0 Å². The summed E-state index contributed by atoms with van der Waals surface area (Å²) in [7, 11) is 0. The molecule has 0 atom stereocenters. The smallest absolute Gasteiger partial charge is 0.354 e. The summed E-state index contributed by atoms with van der Waals surface area (Å²) >= 11 is 0. The number of nitrogens with one attached hydrogen (secondary N) is 2. The maximum atomic E-state index is 13.2. The van der Waals surface area contributed by atoms with Crippen molar-refractivity contribution in [2.75, 3.05) is 13.1 Å². The number of carbonyl (C=O) groups is 2. The number of alkyl halides is 3. The summed E-state index contributed by atoms with van der Waals surface area (Å²) in [6.07, 6.45) is -4.25. The summed E-state index contributed by atoms with van der Waals surface area (Å²) in [5, 5.41) is 4.71. The van der Waals surface area contributed by atoms with E-state index in [4.69, 9.17) is 0 Å². The average Bonchev–Trinajstić information content (AvgIpc) is 3.02. The molecule has 0 radical (unpaired) electrons. The van der Waals surface area contributed by atoms with E-state index in [2.05, 4.69) is 10.6 Å². The number of halogens is 4. The average molecular weight is 346 g/mol. The highest BCUT2D eigenvalue weighted by Gasteiger charge is 2.60. The zero-order valence-electron chi connectivity index (χ0n) is 12.9. The lowest BCUT2D eigenvalue weighted by molar-refractivity contribution is -0.220. The maximum Gasteiger partial charge on any atom is 0.403 e. The van der Waals surface area contributed by atoms with Crippen molar-refractivity contribution in [2.24, 2.45) is 5.41 Å². The molecule has 1 aromatic carbocycles. The van der Waals surface area contributed by atoms with E-state index in [1.807, 2.05) is 0 Å². The lowest BCUT2D eigenvalue weighted by Gasteiger charge is -2.30. The molecule has 0 aliphatic heterocycles. The van der Waals surface area contributed by atoms with Crippen molar-refractivity contribution in [3.8, 4) is 0 Å². The van der Waals surface area contributed by atoms with Crippen LogP contribution in [0.2, 0.25) is 0 Å². The number of amides is 2. The zero-order chi connectivity index (χ0) is 17.8. The van der Waals surface area contributed by atoms with Gasteiger partial charge in [-0.3, -0.25) is 9.59 Å². The summed E-state index contributed by atoms with van der Waals surface area (Å²) in [6, 6.07) is 4.84. The molecule has 132 valence electrons. The molecule has 0 spiro atoms. The predicted molar refractivity (Wildman–Crippen MR) is 78.7 cm³/mol. The number of carbonyl (C=O) groups excluding carboxylic acids is 2. The molecule has 1 saturated carbocycles. The molecule has 1 fully saturated rings. The fourth-order valence-electron chi connectivity index (χ4n) is 2.84. The Morgan fingerprint density at radius 1 is 1.00 bits per heavy atom. The summed E-state index contributed by atoms with van der Waals surface area (Å²) in [5.41, 5.74) is -2.08. The van der Waals surface area contributed by atoms with Crippen LogP contribution in [-0.2, 0) is 4.79 Å². The van der Waals surface area contributed by atoms with Gasteiger partial charge in [0.2, 0.25) is 5.91 Å². The highest BCUT2D eigenvalue weighted by atomic mass is 19.4. The van der Waals surface area contributed by atoms with Crippen LogP contribution in [-0.4, -0.2) is 31.1 Å². The second-order valence-electron chi connectivity index (χ2n) is 5.81. The number of benzene rings is 1. The van der Waals surface area contributed by atoms with Crippen molar-refractivity contribution >= 4 is 11.8 Å². The van der Waals surface area contributed by atoms with Crippen LogP contribution < -0.4 is 10.6 Å². The van der Waals surface area contributed by atoms with E-state index in [1.165, 1.54) is 12.1 Å². The van der Waals surface area contributed by atoms with Crippen molar-refractivity contribution in [2.45, 2.75) is 31.9 Å². The molecule has 8 heteroatoms. The second kappa shape index (κ2) is 7.19. The first-order valence-corrected chi connectivity index (χ1v) is 7.65. The van der Waals surface area contributed by atoms with Gasteiger partial charge in [-0.25, -0.2) is 4.39 Å². The standard InChI is InChI=1S/C16H18F4N2O2/c17-12-5-3-11(4-6-12)13(23)21-9-10-22-14(24)15(16(18,19)20)7-1-2-8-15/h3-6H,1-2,7-10H2,(H,21,23)(H,22,24). The molecule has 2 rings (SSSR count). The summed E-state index contributed by atoms with van der Waals surface area (Å²) in [6.45, 7) is -0.126. The predicted octanol–water partition coefficient (Wildman–Crippen LogP) is 2.79. The van der Waals surface area contributed by atoms with Crippen LogP contribution in [0.15, 0.2) is 24.3 Å². The molecule has 0 saturated heterocycles. The van der Waals surface area contributed by atoms with Crippen LogP contribution in [0.5, 0.6) is 0 Å². The molecule has 1 aliphatic rings. The minimum atomic E-state index is -4.58. The maximum absolute atomic E-state index is 13.2. The molecule has 1 aromatic rings. The van der Waals surface area contributed by atoms with Gasteiger partial charge in [0.25, 0.3) is 5.91 Å². The molecule has 0 aromatic heterocycles. The van der Waals surface area contributed by atoms with Gasteiger partial charge in [0, 0.05) is 18.7 Å². The molecule has 2 amide bonds. The lowest BCUT2D eigenvalue weighted by atomic mass is 9.84. The van der Waals surface area contributed by atoms with Crippen molar-refractivity contribution in [1.82, 2.24) is 10.6 Å². The Kier molecular flexibility index (Phi) is 5.46. The molecule has 2 N–H and O–H groups in total. The topological polar surface area (TPSA) is 58.2 Å². The van der Waals surface area contributed by atoms with Crippen LogP contribution in [0.25, 0.3) is 0 Å². The van der Waals surface area contributed by atoms with Crippen molar-refractivity contribution in [1.29, 1.82) is 0 Å². The third kappa shape index (κ3) is 3.85. The molecule has 24 heavy (non-hydrogen) atoms. The van der Waals surface area contributed by atoms with Gasteiger partial charge in [0.05, 0.1) is 0 Å². The first kappa shape index (κ1) is 18.2. The van der Waals surface area contributed by atoms with Crippen LogP contribution in [0.3, 0.4) is 0 Å². The van der Waals surface area contributed by atoms with Crippen LogP contribution >= 0.6 is 0 Å². The summed E-state index contributed by atoms with van der Waals surface area (Å²) < 4.78 is 52.3. The Hall–Kier alpha value is -2.12. The highest BCUT2D eigenvalue weighted by Crippen LogP contribution is 2.50. The monoisotopic (exact) mass is 346 g/mol. The minimum Gasteiger partial charge on any atom is -0.354 e. The highest BCUT2D eigenvalue weighted by molar-refractivity contribution is 5.94.